The van der Waals surface area contributed by atoms with Gasteiger partial charge in [-0.1, -0.05) is 60.4 Å². The van der Waals surface area contributed by atoms with Crippen molar-refractivity contribution >= 4 is 49.8 Å². The maximum atomic E-state index is 13.4. The second-order valence-electron chi connectivity index (χ2n) is 6.88. The standard InChI is InChI=1S/C21H24N4O3S3/c1-4-12-29-21-24-23-20(30-21)22-19(26)14-25(18-13-15(2)10-11-16(18)3)31(27,28)17-8-6-5-7-9-17/h5-11,13H,4,12,14H2,1-3H3,(H,22,23,26). The van der Waals surface area contributed by atoms with Crippen LogP contribution in [-0.2, 0) is 14.8 Å². The van der Waals surface area contributed by atoms with Gasteiger partial charge in [0.15, 0.2) is 4.34 Å². The van der Waals surface area contributed by atoms with E-state index in [-0.39, 0.29) is 11.4 Å². The molecule has 0 atom stereocenters. The number of aryl methyl sites for hydroxylation is 2. The van der Waals surface area contributed by atoms with Crippen molar-refractivity contribution in [2.75, 3.05) is 21.9 Å². The Hall–Kier alpha value is -2.43. The van der Waals surface area contributed by atoms with Gasteiger partial charge in [0.1, 0.15) is 6.54 Å². The lowest BCUT2D eigenvalue weighted by molar-refractivity contribution is -0.114. The molecule has 0 unspecified atom stereocenters. The van der Waals surface area contributed by atoms with Crippen LogP contribution in [0.15, 0.2) is 57.8 Å². The number of rotatable bonds is 9. The van der Waals surface area contributed by atoms with E-state index in [1.165, 1.54) is 23.5 Å². The number of carbonyl (C=O) groups is 1. The summed E-state index contributed by atoms with van der Waals surface area (Å²) in [5.41, 5.74) is 2.12. The first kappa shape index (κ1) is 23.2. The van der Waals surface area contributed by atoms with Gasteiger partial charge in [-0.2, -0.15) is 0 Å². The number of carbonyl (C=O) groups excluding carboxylic acids is 1. The molecule has 0 spiro atoms. The van der Waals surface area contributed by atoms with E-state index < -0.39 is 15.9 Å². The van der Waals surface area contributed by atoms with Gasteiger partial charge in [0.05, 0.1) is 10.6 Å². The van der Waals surface area contributed by atoms with Crippen molar-refractivity contribution in [3.63, 3.8) is 0 Å². The molecule has 7 nitrogen and oxygen atoms in total. The summed E-state index contributed by atoms with van der Waals surface area (Å²) < 4.78 is 28.8. The Kier molecular flexibility index (Phi) is 7.69. The maximum Gasteiger partial charge on any atom is 0.264 e. The van der Waals surface area contributed by atoms with Crippen molar-refractivity contribution in [3.05, 3.63) is 59.7 Å². The minimum Gasteiger partial charge on any atom is -0.299 e. The average Bonchev–Trinajstić information content (AvgIpc) is 3.20. The fourth-order valence-corrected chi connectivity index (χ4v) is 6.00. The van der Waals surface area contributed by atoms with Crippen LogP contribution in [0.4, 0.5) is 10.8 Å². The van der Waals surface area contributed by atoms with E-state index in [2.05, 4.69) is 22.4 Å². The number of aromatic nitrogens is 2. The third-order valence-electron chi connectivity index (χ3n) is 4.33. The zero-order chi connectivity index (χ0) is 22.4. The summed E-state index contributed by atoms with van der Waals surface area (Å²) in [6.45, 7) is 5.40. The van der Waals surface area contributed by atoms with Gasteiger partial charge in [-0.3, -0.25) is 14.4 Å². The molecule has 2 aromatic carbocycles. The second kappa shape index (κ2) is 10.3. The van der Waals surface area contributed by atoms with Gasteiger partial charge in [-0.15, -0.1) is 10.2 Å². The number of sulfonamides is 1. The number of amides is 1. The summed E-state index contributed by atoms with van der Waals surface area (Å²) in [6.07, 6.45) is 1.01. The molecule has 10 heteroatoms. The Morgan fingerprint density at radius 1 is 1.13 bits per heavy atom. The van der Waals surface area contributed by atoms with E-state index in [1.54, 1.807) is 36.0 Å². The molecule has 0 aliphatic rings. The Morgan fingerprint density at radius 3 is 2.58 bits per heavy atom. The second-order valence-corrected chi connectivity index (χ2v) is 11.1. The molecule has 1 N–H and O–H groups in total. The van der Waals surface area contributed by atoms with Crippen molar-refractivity contribution in [2.24, 2.45) is 0 Å². The lowest BCUT2D eigenvalue weighted by Gasteiger charge is -2.25. The molecular formula is C21H24N4O3S3. The number of benzene rings is 2. The molecule has 1 amide bonds. The van der Waals surface area contributed by atoms with Crippen LogP contribution in [0, 0.1) is 13.8 Å². The van der Waals surface area contributed by atoms with Gasteiger partial charge in [-0.25, -0.2) is 8.42 Å². The number of nitrogens with zero attached hydrogens (tertiary/aromatic N) is 3. The zero-order valence-electron chi connectivity index (χ0n) is 17.5. The molecule has 0 aliphatic heterocycles. The Morgan fingerprint density at radius 2 is 1.87 bits per heavy atom. The van der Waals surface area contributed by atoms with Gasteiger partial charge in [-0.05, 0) is 49.6 Å². The molecule has 0 fully saturated rings. The average molecular weight is 477 g/mol. The molecule has 3 rings (SSSR count). The van der Waals surface area contributed by atoms with Crippen LogP contribution in [0.2, 0.25) is 0 Å². The monoisotopic (exact) mass is 476 g/mol. The highest BCUT2D eigenvalue weighted by Gasteiger charge is 2.28. The fourth-order valence-electron chi connectivity index (χ4n) is 2.80. The van der Waals surface area contributed by atoms with Gasteiger partial charge in [0.2, 0.25) is 11.0 Å². The fraction of sp³-hybridized carbons (Fsp3) is 0.286. The Bertz CT molecular complexity index is 1150. The lowest BCUT2D eigenvalue weighted by Crippen LogP contribution is -2.38. The van der Waals surface area contributed by atoms with Crippen molar-refractivity contribution in [2.45, 2.75) is 36.4 Å². The molecule has 0 saturated carbocycles. The minimum absolute atomic E-state index is 0.123. The van der Waals surface area contributed by atoms with Crippen molar-refractivity contribution in [1.82, 2.24) is 10.2 Å². The molecule has 0 aliphatic carbocycles. The van der Waals surface area contributed by atoms with Crippen LogP contribution in [-0.4, -0.2) is 36.8 Å². The normalized spacial score (nSPS) is 11.3. The number of nitrogens with one attached hydrogen (secondary N) is 1. The molecule has 0 radical (unpaired) electrons. The number of thioether (sulfide) groups is 1. The maximum absolute atomic E-state index is 13.4. The third-order valence-corrected chi connectivity index (χ3v) is 8.29. The molecule has 1 aromatic heterocycles. The largest absolute Gasteiger partial charge is 0.299 e. The highest BCUT2D eigenvalue weighted by molar-refractivity contribution is 8.01. The summed E-state index contributed by atoms with van der Waals surface area (Å²) in [6, 6.07) is 13.6. The van der Waals surface area contributed by atoms with E-state index in [9.17, 15) is 13.2 Å². The molecule has 3 aromatic rings. The predicted molar refractivity (Wildman–Crippen MR) is 126 cm³/mol. The van der Waals surface area contributed by atoms with Crippen LogP contribution in [0.5, 0.6) is 0 Å². The quantitative estimate of drug-likeness (QED) is 0.361. The van der Waals surface area contributed by atoms with Crippen LogP contribution < -0.4 is 9.62 Å². The van der Waals surface area contributed by atoms with E-state index >= 15 is 0 Å². The zero-order valence-corrected chi connectivity index (χ0v) is 20.0. The molecule has 164 valence electrons. The summed E-state index contributed by atoms with van der Waals surface area (Å²) >= 11 is 2.85. The smallest absolute Gasteiger partial charge is 0.264 e. The van der Waals surface area contributed by atoms with E-state index in [0.29, 0.717) is 10.8 Å². The SMILES string of the molecule is CCCSc1nnc(NC(=O)CN(c2cc(C)ccc2C)S(=O)(=O)c2ccccc2)s1. The third kappa shape index (κ3) is 5.84. The van der Waals surface area contributed by atoms with Gasteiger partial charge >= 0.3 is 0 Å². The van der Waals surface area contributed by atoms with Crippen LogP contribution >= 0.6 is 23.1 Å². The minimum atomic E-state index is -3.95. The van der Waals surface area contributed by atoms with Crippen LogP contribution in [0.3, 0.4) is 0 Å². The molecule has 1 heterocycles. The van der Waals surface area contributed by atoms with Crippen LogP contribution in [0.1, 0.15) is 24.5 Å². The molecule has 31 heavy (non-hydrogen) atoms. The van der Waals surface area contributed by atoms with E-state index in [1.807, 2.05) is 26.0 Å². The number of hydrogen-bond donors (Lipinski definition) is 1. The highest BCUT2D eigenvalue weighted by Crippen LogP contribution is 2.29. The first-order valence-corrected chi connectivity index (χ1v) is 13.0. The van der Waals surface area contributed by atoms with Gasteiger partial charge < -0.3 is 0 Å². The van der Waals surface area contributed by atoms with E-state index in [0.717, 1.165) is 31.9 Å². The van der Waals surface area contributed by atoms with Crippen LogP contribution in [0.25, 0.3) is 0 Å². The number of anilines is 2. The summed E-state index contributed by atoms with van der Waals surface area (Å²) in [4.78, 5) is 12.9. The van der Waals surface area contributed by atoms with E-state index in [4.69, 9.17) is 0 Å². The van der Waals surface area contributed by atoms with Gasteiger partial charge in [0.25, 0.3) is 10.0 Å². The summed E-state index contributed by atoms with van der Waals surface area (Å²) in [5.74, 6) is 0.432. The lowest BCUT2D eigenvalue weighted by atomic mass is 10.1. The predicted octanol–water partition coefficient (Wildman–Crippen LogP) is 4.49. The summed E-state index contributed by atoms with van der Waals surface area (Å²) in [7, 11) is -3.95. The van der Waals surface area contributed by atoms with Gasteiger partial charge in [0, 0.05) is 5.75 Å². The Labute approximate surface area is 191 Å². The highest BCUT2D eigenvalue weighted by atomic mass is 32.2. The Balaban J connectivity index is 1.89. The number of hydrogen-bond acceptors (Lipinski definition) is 7. The molecule has 0 saturated heterocycles. The molecule has 0 bridgehead atoms. The van der Waals surface area contributed by atoms with Crippen molar-refractivity contribution < 1.29 is 13.2 Å². The topological polar surface area (TPSA) is 92.3 Å². The van der Waals surface area contributed by atoms with Crippen molar-refractivity contribution in [3.8, 4) is 0 Å². The first-order chi connectivity index (χ1) is 14.8. The first-order valence-electron chi connectivity index (χ1n) is 9.72. The van der Waals surface area contributed by atoms with Crippen molar-refractivity contribution in [1.29, 1.82) is 0 Å². The summed E-state index contributed by atoms with van der Waals surface area (Å²) in [5, 5.41) is 11.1. The molecular weight excluding hydrogens is 452 g/mol.